The molecule has 0 aromatic rings. The number of carbonyl (C=O) groups is 2. The molecule has 15 heavy (non-hydrogen) atoms. The first-order chi connectivity index (χ1) is 6.82. The summed E-state index contributed by atoms with van der Waals surface area (Å²) in [6.07, 6.45) is 0. The highest BCUT2D eigenvalue weighted by Crippen LogP contribution is 2.10. The normalized spacial score (nSPS) is 14.8. The number of rotatable bonds is 5. The molecule has 0 rings (SSSR count). The SMILES string of the molecule is CN[C@@H](C)C(=O)N(C)[C@H](C(=O)O)C(C)C. The highest BCUT2D eigenvalue weighted by molar-refractivity contribution is 5.86. The van der Waals surface area contributed by atoms with Crippen molar-refractivity contribution in [1.82, 2.24) is 10.2 Å². The standard InChI is InChI=1S/C10H20N2O3/c1-6(2)8(10(14)15)12(5)9(13)7(3)11-4/h6-8,11H,1-5H3,(H,14,15)/t7-,8-/m0/s1. The maximum Gasteiger partial charge on any atom is 0.326 e. The van der Waals surface area contributed by atoms with Crippen molar-refractivity contribution in [3.63, 3.8) is 0 Å². The van der Waals surface area contributed by atoms with E-state index in [4.69, 9.17) is 5.11 Å². The summed E-state index contributed by atoms with van der Waals surface area (Å²) in [4.78, 5) is 24.0. The molecule has 0 aliphatic rings. The van der Waals surface area contributed by atoms with E-state index >= 15 is 0 Å². The summed E-state index contributed by atoms with van der Waals surface area (Å²) in [7, 11) is 3.19. The molecule has 2 atom stereocenters. The summed E-state index contributed by atoms with van der Waals surface area (Å²) < 4.78 is 0. The van der Waals surface area contributed by atoms with E-state index < -0.39 is 12.0 Å². The fourth-order valence-electron chi connectivity index (χ4n) is 1.46. The zero-order valence-electron chi connectivity index (χ0n) is 9.94. The molecule has 0 radical (unpaired) electrons. The van der Waals surface area contributed by atoms with Crippen LogP contribution in [0, 0.1) is 5.92 Å². The number of amides is 1. The Labute approximate surface area is 90.5 Å². The number of hydrogen-bond acceptors (Lipinski definition) is 3. The molecule has 5 nitrogen and oxygen atoms in total. The second-order valence-electron chi connectivity index (χ2n) is 3.99. The van der Waals surface area contributed by atoms with Gasteiger partial charge >= 0.3 is 5.97 Å². The Kier molecular flexibility index (Phi) is 5.28. The van der Waals surface area contributed by atoms with Crippen LogP contribution in [-0.2, 0) is 9.59 Å². The zero-order chi connectivity index (χ0) is 12.2. The summed E-state index contributed by atoms with van der Waals surface area (Å²) in [5, 5.41) is 11.8. The number of nitrogens with one attached hydrogen (secondary N) is 1. The van der Waals surface area contributed by atoms with Crippen LogP contribution in [0.2, 0.25) is 0 Å². The first-order valence-corrected chi connectivity index (χ1v) is 4.99. The topological polar surface area (TPSA) is 69.6 Å². The van der Waals surface area contributed by atoms with E-state index in [0.717, 1.165) is 0 Å². The molecule has 0 aromatic carbocycles. The summed E-state index contributed by atoms with van der Waals surface area (Å²) in [6, 6.07) is -1.14. The van der Waals surface area contributed by atoms with Gasteiger partial charge in [0.1, 0.15) is 6.04 Å². The third-order valence-corrected chi connectivity index (χ3v) is 2.45. The number of aliphatic carboxylic acids is 1. The number of carboxylic acid groups (broad SMARTS) is 1. The molecule has 0 fully saturated rings. The van der Waals surface area contributed by atoms with Crippen LogP contribution in [-0.4, -0.2) is 48.1 Å². The number of carboxylic acids is 1. The maximum atomic E-state index is 11.7. The molecule has 5 heteroatoms. The Bertz CT molecular complexity index is 241. The molecule has 0 aliphatic carbocycles. The number of nitrogens with zero attached hydrogens (tertiary/aromatic N) is 1. The van der Waals surface area contributed by atoms with Gasteiger partial charge in [-0.2, -0.15) is 0 Å². The minimum absolute atomic E-state index is 0.111. The molecule has 0 aromatic heterocycles. The summed E-state index contributed by atoms with van der Waals surface area (Å²) in [5.41, 5.74) is 0. The molecular weight excluding hydrogens is 196 g/mol. The highest BCUT2D eigenvalue weighted by atomic mass is 16.4. The van der Waals surface area contributed by atoms with E-state index in [1.54, 1.807) is 27.8 Å². The van der Waals surface area contributed by atoms with E-state index in [9.17, 15) is 9.59 Å². The molecule has 2 N–H and O–H groups in total. The zero-order valence-corrected chi connectivity index (χ0v) is 9.94. The maximum absolute atomic E-state index is 11.7. The Hall–Kier alpha value is -1.10. The van der Waals surface area contributed by atoms with Gasteiger partial charge in [0, 0.05) is 7.05 Å². The molecule has 1 amide bonds. The largest absolute Gasteiger partial charge is 0.480 e. The number of hydrogen-bond donors (Lipinski definition) is 2. The lowest BCUT2D eigenvalue weighted by Crippen LogP contribution is -2.51. The van der Waals surface area contributed by atoms with Crippen molar-refractivity contribution in [3.8, 4) is 0 Å². The third kappa shape index (κ3) is 3.51. The van der Waals surface area contributed by atoms with Crippen molar-refractivity contribution in [3.05, 3.63) is 0 Å². The first kappa shape index (κ1) is 13.9. The van der Waals surface area contributed by atoms with Crippen LogP contribution in [0.15, 0.2) is 0 Å². The van der Waals surface area contributed by atoms with Crippen LogP contribution >= 0.6 is 0 Å². The van der Waals surface area contributed by atoms with Crippen LogP contribution in [0.25, 0.3) is 0 Å². The monoisotopic (exact) mass is 216 g/mol. The Morgan fingerprint density at radius 2 is 1.73 bits per heavy atom. The predicted molar refractivity (Wildman–Crippen MR) is 57.6 cm³/mol. The average molecular weight is 216 g/mol. The van der Waals surface area contributed by atoms with Gasteiger partial charge < -0.3 is 15.3 Å². The van der Waals surface area contributed by atoms with Crippen LogP contribution < -0.4 is 5.32 Å². The summed E-state index contributed by atoms with van der Waals surface area (Å²) >= 11 is 0. The van der Waals surface area contributed by atoms with Crippen LogP contribution in [0.1, 0.15) is 20.8 Å². The van der Waals surface area contributed by atoms with Crippen LogP contribution in [0.5, 0.6) is 0 Å². The quantitative estimate of drug-likeness (QED) is 0.687. The van der Waals surface area contributed by atoms with Gasteiger partial charge in [0.15, 0.2) is 0 Å². The van der Waals surface area contributed by atoms with Crippen molar-refractivity contribution in [2.45, 2.75) is 32.9 Å². The Morgan fingerprint density at radius 1 is 1.27 bits per heavy atom. The summed E-state index contributed by atoms with van der Waals surface area (Å²) in [6.45, 7) is 5.28. The Morgan fingerprint density at radius 3 is 2.00 bits per heavy atom. The van der Waals surface area contributed by atoms with Gasteiger partial charge in [0.05, 0.1) is 6.04 Å². The molecule has 0 heterocycles. The predicted octanol–water partition coefficient (Wildman–Crippen LogP) is 0.162. The van der Waals surface area contributed by atoms with Gasteiger partial charge in [-0.15, -0.1) is 0 Å². The summed E-state index contributed by atoms with van der Waals surface area (Å²) in [5.74, 6) is -1.29. The van der Waals surface area contributed by atoms with E-state index in [2.05, 4.69) is 5.32 Å². The van der Waals surface area contributed by atoms with Gasteiger partial charge in [-0.1, -0.05) is 13.8 Å². The minimum atomic E-state index is -0.968. The lowest BCUT2D eigenvalue weighted by atomic mass is 10.0. The molecule has 0 aliphatic heterocycles. The van der Waals surface area contributed by atoms with Gasteiger partial charge in [-0.25, -0.2) is 4.79 Å². The van der Waals surface area contributed by atoms with E-state index in [-0.39, 0.29) is 17.9 Å². The fourth-order valence-corrected chi connectivity index (χ4v) is 1.46. The van der Waals surface area contributed by atoms with Gasteiger partial charge in [-0.3, -0.25) is 4.79 Å². The third-order valence-electron chi connectivity index (χ3n) is 2.45. The fraction of sp³-hybridized carbons (Fsp3) is 0.800. The molecular formula is C10H20N2O3. The van der Waals surface area contributed by atoms with Gasteiger partial charge in [-0.05, 0) is 19.9 Å². The lowest BCUT2D eigenvalue weighted by molar-refractivity contribution is -0.151. The van der Waals surface area contributed by atoms with Gasteiger partial charge in [0.2, 0.25) is 5.91 Å². The number of likely N-dealkylation sites (N-methyl/N-ethyl adjacent to an activating group) is 2. The highest BCUT2D eigenvalue weighted by Gasteiger charge is 2.30. The smallest absolute Gasteiger partial charge is 0.326 e. The number of carbonyl (C=O) groups excluding carboxylic acids is 1. The van der Waals surface area contributed by atoms with Gasteiger partial charge in [0.25, 0.3) is 0 Å². The van der Waals surface area contributed by atoms with Crippen LogP contribution in [0.3, 0.4) is 0 Å². The van der Waals surface area contributed by atoms with Crippen LogP contribution in [0.4, 0.5) is 0 Å². The molecule has 0 saturated carbocycles. The second-order valence-corrected chi connectivity index (χ2v) is 3.99. The lowest BCUT2D eigenvalue weighted by Gasteiger charge is -2.29. The molecule has 0 unspecified atom stereocenters. The Balaban J connectivity index is 4.71. The molecule has 0 bridgehead atoms. The van der Waals surface area contributed by atoms with Crippen molar-refractivity contribution in [1.29, 1.82) is 0 Å². The molecule has 88 valence electrons. The van der Waals surface area contributed by atoms with Crippen molar-refractivity contribution in [2.75, 3.05) is 14.1 Å². The van der Waals surface area contributed by atoms with E-state index in [1.165, 1.54) is 11.9 Å². The molecule has 0 spiro atoms. The van der Waals surface area contributed by atoms with Crippen molar-refractivity contribution in [2.24, 2.45) is 5.92 Å². The van der Waals surface area contributed by atoms with Crippen molar-refractivity contribution >= 4 is 11.9 Å². The van der Waals surface area contributed by atoms with Crippen molar-refractivity contribution < 1.29 is 14.7 Å². The average Bonchev–Trinajstić information content (AvgIpc) is 2.14. The van der Waals surface area contributed by atoms with E-state index in [1.807, 2.05) is 0 Å². The van der Waals surface area contributed by atoms with E-state index in [0.29, 0.717) is 0 Å². The second kappa shape index (κ2) is 5.70. The first-order valence-electron chi connectivity index (χ1n) is 4.99. The molecule has 0 saturated heterocycles. The minimum Gasteiger partial charge on any atom is -0.480 e.